The van der Waals surface area contributed by atoms with E-state index in [1.807, 2.05) is 14.1 Å². The first-order chi connectivity index (χ1) is 12.1. The van der Waals surface area contributed by atoms with E-state index >= 15 is 0 Å². The lowest BCUT2D eigenvalue weighted by molar-refractivity contribution is -0.0500. The Morgan fingerprint density at radius 1 is 1.27 bits per heavy atom. The molecule has 1 fully saturated rings. The number of likely N-dealkylation sites (N-methyl/N-ethyl adjacent to an activating group) is 1. The Balaban J connectivity index is 1.87. The molecule has 6 nitrogen and oxygen atoms in total. The van der Waals surface area contributed by atoms with Gasteiger partial charge in [-0.05, 0) is 44.8 Å². The van der Waals surface area contributed by atoms with Gasteiger partial charge >= 0.3 is 15.6 Å². The van der Waals surface area contributed by atoms with Crippen molar-refractivity contribution in [2.24, 2.45) is 0 Å². The maximum Gasteiger partial charge on any atom is 0.534 e. The summed E-state index contributed by atoms with van der Waals surface area (Å²) in [6.07, 6.45) is 2.70. The van der Waals surface area contributed by atoms with Crippen LogP contribution in [-0.4, -0.2) is 57.0 Å². The number of hydrogen-bond donors (Lipinski definition) is 0. The molecule has 0 aliphatic carbocycles. The molecule has 1 aliphatic heterocycles. The number of anilines is 1. The number of fused-ring (bicyclic) bond motifs is 1. The van der Waals surface area contributed by atoms with Crippen LogP contribution in [-0.2, 0) is 10.1 Å². The van der Waals surface area contributed by atoms with Crippen molar-refractivity contribution < 1.29 is 25.8 Å². The molecule has 10 heteroatoms. The summed E-state index contributed by atoms with van der Waals surface area (Å²) in [6.45, 7) is 1.66. The quantitative estimate of drug-likeness (QED) is 0.592. The van der Waals surface area contributed by atoms with Gasteiger partial charge in [-0.1, -0.05) is 0 Å². The lowest BCUT2D eigenvalue weighted by atomic mass is 10.2. The molecule has 26 heavy (non-hydrogen) atoms. The van der Waals surface area contributed by atoms with Crippen molar-refractivity contribution >= 4 is 26.7 Å². The Hall–Kier alpha value is -2.07. The summed E-state index contributed by atoms with van der Waals surface area (Å²) >= 11 is 0. The van der Waals surface area contributed by atoms with Crippen LogP contribution in [0.15, 0.2) is 30.5 Å². The summed E-state index contributed by atoms with van der Waals surface area (Å²) in [5.41, 5.74) is -4.11. The number of benzene rings is 1. The molecule has 0 amide bonds. The highest BCUT2D eigenvalue weighted by Gasteiger charge is 2.48. The molecule has 0 N–H and O–H groups in total. The first-order valence-corrected chi connectivity index (χ1v) is 9.29. The van der Waals surface area contributed by atoms with Crippen LogP contribution < -0.4 is 9.08 Å². The van der Waals surface area contributed by atoms with E-state index in [2.05, 4.69) is 19.0 Å². The summed E-state index contributed by atoms with van der Waals surface area (Å²) < 4.78 is 63.9. The lowest BCUT2D eigenvalue weighted by Gasteiger charge is -2.21. The van der Waals surface area contributed by atoms with Crippen molar-refractivity contribution in [3.63, 3.8) is 0 Å². The highest BCUT2D eigenvalue weighted by Crippen LogP contribution is 2.30. The van der Waals surface area contributed by atoms with Crippen molar-refractivity contribution in [2.75, 3.05) is 32.1 Å². The van der Waals surface area contributed by atoms with Crippen LogP contribution in [0.25, 0.3) is 10.9 Å². The average Bonchev–Trinajstić information content (AvgIpc) is 3.03. The van der Waals surface area contributed by atoms with E-state index in [1.165, 1.54) is 12.1 Å². The van der Waals surface area contributed by atoms with Gasteiger partial charge in [0.1, 0.15) is 5.75 Å². The molecular formula is C16H18F3N3O3S. The van der Waals surface area contributed by atoms with Crippen LogP contribution in [0.2, 0.25) is 0 Å². The normalized spacial score (nSPS) is 18.7. The molecular weight excluding hydrogens is 371 g/mol. The Labute approximate surface area is 149 Å². The number of halogens is 3. The van der Waals surface area contributed by atoms with E-state index in [0.29, 0.717) is 16.9 Å². The second-order valence-corrected chi connectivity index (χ2v) is 7.92. The molecule has 142 valence electrons. The van der Waals surface area contributed by atoms with Gasteiger partial charge in [0.05, 0.1) is 17.4 Å². The fourth-order valence-electron chi connectivity index (χ4n) is 2.89. The van der Waals surface area contributed by atoms with E-state index in [9.17, 15) is 21.6 Å². The first-order valence-electron chi connectivity index (χ1n) is 7.89. The van der Waals surface area contributed by atoms with E-state index in [4.69, 9.17) is 0 Å². The first kappa shape index (κ1) is 18.7. The third kappa shape index (κ3) is 3.70. The molecule has 2 heterocycles. The van der Waals surface area contributed by atoms with Crippen molar-refractivity contribution in [2.45, 2.75) is 18.0 Å². The molecule has 2 aromatic rings. The van der Waals surface area contributed by atoms with Crippen LogP contribution >= 0.6 is 0 Å². The Morgan fingerprint density at radius 2 is 2.00 bits per heavy atom. The summed E-state index contributed by atoms with van der Waals surface area (Å²) in [5, 5.41) is 0.505. The average molecular weight is 389 g/mol. The summed E-state index contributed by atoms with van der Waals surface area (Å²) in [4.78, 5) is 8.58. The largest absolute Gasteiger partial charge is 0.534 e. The van der Waals surface area contributed by atoms with Crippen LogP contribution in [0, 0.1) is 0 Å². The van der Waals surface area contributed by atoms with Gasteiger partial charge in [0.25, 0.3) is 0 Å². The monoisotopic (exact) mass is 389 g/mol. The molecule has 1 aliphatic rings. The maximum absolute atomic E-state index is 12.5. The number of pyridine rings is 1. The van der Waals surface area contributed by atoms with Crippen LogP contribution in [0.5, 0.6) is 5.75 Å². The Morgan fingerprint density at radius 3 is 2.62 bits per heavy atom. The van der Waals surface area contributed by atoms with Gasteiger partial charge < -0.3 is 14.0 Å². The van der Waals surface area contributed by atoms with Gasteiger partial charge in [0, 0.05) is 24.5 Å². The topological polar surface area (TPSA) is 62.7 Å². The number of nitrogens with zero attached hydrogens (tertiary/aromatic N) is 3. The third-order valence-corrected chi connectivity index (χ3v) is 5.37. The van der Waals surface area contributed by atoms with Gasteiger partial charge in [-0.3, -0.25) is 4.98 Å². The molecule has 3 rings (SSSR count). The Kier molecular flexibility index (Phi) is 4.74. The molecule has 1 saturated heterocycles. The molecule has 1 aromatic heterocycles. The van der Waals surface area contributed by atoms with E-state index in [0.717, 1.165) is 31.3 Å². The lowest BCUT2D eigenvalue weighted by Crippen LogP contribution is -2.31. The van der Waals surface area contributed by atoms with Crippen LogP contribution in [0.3, 0.4) is 0 Å². The minimum atomic E-state index is -5.70. The fourth-order valence-corrected chi connectivity index (χ4v) is 3.35. The van der Waals surface area contributed by atoms with Crippen molar-refractivity contribution in [1.29, 1.82) is 0 Å². The van der Waals surface area contributed by atoms with Crippen molar-refractivity contribution in [3.8, 4) is 5.75 Å². The molecule has 0 spiro atoms. The molecule has 1 atom stereocenters. The van der Waals surface area contributed by atoms with E-state index in [-0.39, 0.29) is 0 Å². The number of rotatable bonds is 4. The fraction of sp³-hybridized carbons (Fsp3) is 0.438. The molecule has 1 unspecified atom stereocenters. The van der Waals surface area contributed by atoms with Crippen molar-refractivity contribution in [1.82, 2.24) is 9.88 Å². The van der Waals surface area contributed by atoms with Crippen LogP contribution in [0.1, 0.15) is 6.42 Å². The second kappa shape index (κ2) is 6.58. The zero-order valence-electron chi connectivity index (χ0n) is 14.2. The number of alkyl halides is 3. The summed E-state index contributed by atoms with van der Waals surface area (Å²) in [7, 11) is -1.68. The van der Waals surface area contributed by atoms with Gasteiger partial charge in [0.2, 0.25) is 0 Å². The SMILES string of the molecule is CN(C)C1CCN(c2cnc3ccc(OS(=O)(=O)C(F)(F)F)cc3c2)C1. The van der Waals surface area contributed by atoms with Gasteiger partial charge in [0.15, 0.2) is 0 Å². The number of hydrogen-bond acceptors (Lipinski definition) is 6. The van der Waals surface area contributed by atoms with E-state index < -0.39 is 21.4 Å². The zero-order valence-corrected chi connectivity index (χ0v) is 15.0. The standard InChI is InChI=1S/C16H18F3N3O3S/c1-21(2)12-5-6-22(10-12)13-7-11-8-14(3-4-15(11)20-9-13)25-26(23,24)16(17,18)19/h3-4,7-9,12H,5-6,10H2,1-2H3. The van der Waals surface area contributed by atoms with Gasteiger partial charge in [-0.25, -0.2) is 0 Å². The Bertz CT molecular complexity index is 916. The van der Waals surface area contributed by atoms with Gasteiger partial charge in [-0.2, -0.15) is 21.6 Å². The minimum absolute atomic E-state index is 0.402. The molecule has 0 radical (unpaired) electrons. The molecule has 0 bridgehead atoms. The molecule has 0 saturated carbocycles. The highest BCUT2D eigenvalue weighted by atomic mass is 32.2. The zero-order chi connectivity index (χ0) is 19.1. The van der Waals surface area contributed by atoms with Gasteiger partial charge in [-0.15, -0.1) is 0 Å². The predicted molar refractivity (Wildman–Crippen MR) is 91.7 cm³/mol. The summed E-state index contributed by atoms with van der Waals surface area (Å²) in [6, 6.07) is 6.00. The third-order valence-electron chi connectivity index (χ3n) is 4.39. The van der Waals surface area contributed by atoms with E-state index in [1.54, 1.807) is 12.3 Å². The smallest absolute Gasteiger partial charge is 0.376 e. The minimum Gasteiger partial charge on any atom is -0.376 e. The molecule has 1 aromatic carbocycles. The highest BCUT2D eigenvalue weighted by molar-refractivity contribution is 7.88. The predicted octanol–water partition coefficient (Wildman–Crippen LogP) is 2.60. The van der Waals surface area contributed by atoms with Crippen molar-refractivity contribution in [3.05, 3.63) is 30.5 Å². The summed E-state index contributed by atoms with van der Waals surface area (Å²) in [5.74, 6) is -0.402. The number of aromatic nitrogens is 1. The second-order valence-electron chi connectivity index (χ2n) is 6.38. The maximum atomic E-state index is 12.5. The van der Waals surface area contributed by atoms with Crippen LogP contribution in [0.4, 0.5) is 18.9 Å².